The molecule has 1 aromatic heterocycles. The van der Waals surface area contributed by atoms with Crippen molar-refractivity contribution in [2.75, 3.05) is 33.3 Å². The Morgan fingerprint density at radius 3 is 2.61 bits per heavy atom. The molecule has 0 aliphatic carbocycles. The van der Waals surface area contributed by atoms with Crippen LogP contribution in [0.4, 0.5) is 0 Å². The zero-order chi connectivity index (χ0) is 19.6. The van der Waals surface area contributed by atoms with Gasteiger partial charge < -0.3 is 15.4 Å². The molecule has 1 fully saturated rings. The average molecular weight is 401 g/mol. The van der Waals surface area contributed by atoms with Crippen LogP contribution in [0.3, 0.4) is 0 Å². The van der Waals surface area contributed by atoms with Crippen LogP contribution in [-0.2, 0) is 17.9 Å². The highest BCUT2D eigenvalue weighted by Gasteiger charge is 2.24. The van der Waals surface area contributed by atoms with Crippen molar-refractivity contribution in [1.82, 2.24) is 15.5 Å². The van der Waals surface area contributed by atoms with E-state index in [1.807, 2.05) is 25.3 Å². The highest BCUT2D eigenvalue weighted by Crippen LogP contribution is 2.27. The van der Waals surface area contributed by atoms with E-state index < -0.39 is 0 Å². The maximum absolute atomic E-state index is 5.59. The Morgan fingerprint density at radius 1 is 1.14 bits per heavy atom. The highest BCUT2D eigenvalue weighted by atomic mass is 32.1. The number of hydrogen-bond donors (Lipinski definition) is 2. The first-order valence-corrected chi connectivity index (χ1v) is 11.1. The first kappa shape index (κ1) is 20.8. The summed E-state index contributed by atoms with van der Waals surface area (Å²) in [5.41, 5.74) is 2.47. The molecule has 0 saturated carbocycles. The standard InChI is InChI=1S/C22H32N4OS/c1-3-27-17-19-10-5-4-9-18(19)15-24-22(23-2)25-16-20(21-11-8-14-28-21)26-12-6-7-13-26/h4-5,8-11,14,20H,3,6-7,12-13,15-17H2,1-2H3,(H2,23,24,25). The summed E-state index contributed by atoms with van der Waals surface area (Å²) in [5, 5.41) is 9.17. The normalized spacial score (nSPS) is 16.3. The van der Waals surface area contributed by atoms with Crippen molar-refractivity contribution in [3.05, 3.63) is 57.8 Å². The van der Waals surface area contributed by atoms with Crippen molar-refractivity contribution in [3.8, 4) is 0 Å². The van der Waals surface area contributed by atoms with Gasteiger partial charge in [-0.1, -0.05) is 30.3 Å². The number of nitrogens with zero attached hydrogens (tertiary/aromatic N) is 2. The Kier molecular flexibility index (Phi) is 8.33. The minimum atomic E-state index is 0.409. The van der Waals surface area contributed by atoms with Crippen molar-refractivity contribution < 1.29 is 4.74 Å². The van der Waals surface area contributed by atoms with Crippen LogP contribution < -0.4 is 10.6 Å². The summed E-state index contributed by atoms with van der Waals surface area (Å²) in [6.45, 7) is 7.36. The van der Waals surface area contributed by atoms with Gasteiger partial charge in [-0.2, -0.15) is 0 Å². The zero-order valence-corrected chi connectivity index (χ0v) is 17.8. The molecule has 1 aliphatic heterocycles. The minimum absolute atomic E-state index is 0.409. The van der Waals surface area contributed by atoms with Gasteiger partial charge in [-0.15, -0.1) is 11.3 Å². The molecular weight excluding hydrogens is 368 g/mol. The van der Waals surface area contributed by atoms with Gasteiger partial charge in [0.1, 0.15) is 0 Å². The lowest BCUT2D eigenvalue weighted by Crippen LogP contribution is -2.42. The van der Waals surface area contributed by atoms with Crippen LogP contribution in [0.25, 0.3) is 0 Å². The molecule has 0 bridgehead atoms. The first-order chi connectivity index (χ1) is 13.8. The predicted molar refractivity (Wildman–Crippen MR) is 118 cm³/mol. The van der Waals surface area contributed by atoms with Gasteiger partial charge in [-0.25, -0.2) is 0 Å². The number of nitrogens with one attached hydrogen (secondary N) is 2. The van der Waals surface area contributed by atoms with Crippen molar-refractivity contribution >= 4 is 17.3 Å². The van der Waals surface area contributed by atoms with Gasteiger partial charge in [0.25, 0.3) is 0 Å². The molecule has 0 radical (unpaired) electrons. The third-order valence-corrected chi connectivity index (χ3v) is 6.14. The summed E-state index contributed by atoms with van der Waals surface area (Å²) in [5.74, 6) is 0.840. The molecule has 2 aromatic rings. The molecule has 0 amide bonds. The molecule has 1 aromatic carbocycles. The van der Waals surface area contributed by atoms with E-state index in [0.717, 1.165) is 25.7 Å². The Morgan fingerprint density at radius 2 is 1.93 bits per heavy atom. The van der Waals surface area contributed by atoms with Gasteiger partial charge in [0.2, 0.25) is 0 Å². The lowest BCUT2D eigenvalue weighted by atomic mass is 10.1. The third-order valence-electron chi connectivity index (χ3n) is 5.17. The number of rotatable bonds is 9. The zero-order valence-electron chi connectivity index (χ0n) is 17.0. The molecule has 152 valence electrons. The van der Waals surface area contributed by atoms with Gasteiger partial charge in [0.05, 0.1) is 12.6 Å². The number of guanidine groups is 1. The molecule has 3 rings (SSSR count). The van der Waals surface area contributed by atoms with E-state index in [2.05, 4.69) is 62.3 Å². The van der Waals surface area contributed by atoms with Gasteiger partial charge >= 0.3 is 0 Å². The molecule has 1 unspecified atom stereocenters. The fourth-order valence-electron chi connectivity index (χ4n) is 3.62. The molecule has 28 heavy (non-hydrogen) atoms. The van der Waals surface area contributed by atoms with Crippen LogP contribution in [0.1, 0.15) is 41.8 Å². The van der Waals surface area contributed by atoms with Crippen LogP contribution in [0.15, 0.2) is 46.8 Å². The van der Waals surface area contributed by atoms with E-state index in [1.54, 1.807) is 0 Å². The maximum Gasteiger partial charge on any atom is 0.191 e. The molecule has 1 aliphatic rings. The van der Waals surface area contributed by atoms with Crippen molar-refractivity contribution in [2.24, 2.45) is 4.99 Å². The fourth-order valence-corrected chi connectivity index (χ4v) is 4.48. The number of benzene rings is 1. The quantitative estimate of drug-likeness (QED) is 0.497. The van der Waals surface area contributed by atoms with Crippen molar-refractivity contribution in [1.29, 1.82) is 0 Å². The number of likely N-dealkylation sites (tertiary alicyclic amines) is 1. The summed E-state index contributed by atoms with van der Waals surface area (Å²) in [6.07, 6.45) is 2.59. The van der Waals surface area contributed by atoms with E-state index in [0.29, 0.717) is 12.6 Å². The molecule has 6 heteroatoms. The SMILES string of the molecule is CCOCc1ccccc1CNC(=NC)NCC(c1cccs1)N1CCCC1. The smallest absolute Gasteiger partial charge is 0.191 e. The Bertz CT molecular complexity index is 726. The van der Waals surface area contributed by atoms with Gasteiger partial charge in [0.15, 0.2) is 5.96 Å². The van der Waals surface area contributed by atoms with Crippen molar-refractivity contribution in [3.63, 3.8) is 0 Å². The second-order valence-electron chi connectivity index (χ2n) is 6.99. The van der Waals surface area contributed by atoms with Crippen LogP contribution in [-0.4, -0.2) is 44.1 Å². The fraction of sp³-hybridized carbons (Fsp3) is 0.500. The summed E-state index contributed by atoms with van der Waals surface area (Å²) in [4.78, 5) is 8.43. The van der Waals surface area contributed by atoms with Gasteiger partial charge in [-0.05, 0) is 55.4 Å². The summed E-state index contributed by atoms with van der Waals surface area (Å²) in [6, 6.07) is 13.2. The number of hydrogen-bond acceptors (Lipinski definition) is 4. The summed E-state index contributed by atoms with van der Waals surface area (Å²) < 4.78 is 5.59. The molecule has 1 saturated heterocycles. The van der Waals surface area contributed by atoms with E-state index in [9.17, 15) is 0 Å². The van der Waals surface area contributed by atoms with Crippen LogP contribution in [0, 0.1) is 0 Å². The average Bonchev–Trinajstić information content (AvgIpc) is 3.44. The topological polar surface area (TPSA) is 48.9 Å². The predicted octanol–water partition coefficient (Wildman–Crippen LogP) is 3.79. The second kappa shape index (κ2) is 11.2. The number of ether oxygens (including phenoxy) is 1. The van der Waals surface area contributed by atoms with Crippen LogP contribution in [0.2, 0.25) is 0 Å². The molecule has 1 atom stereocenters. The second-order valence-corrected chi connectivity index (χ2v) is 7.97. The molecule has 2 heterocycles. The molecule has 2 N–H and O–H groups in total. The van der Waals surface area contributed by atoms with Crippen LogP contribution >= 0.6 is 11.3 Å². The monoisotopic (exact) mass is 400 g/mol. The van der Waals surface area contributed by atoms with E-state index >= 15 is 0 Å². The molecule has 0 spiro atoms. The lowest BCUT2D eigenvalue weighted by Gasteiger charge is -2.27. The Balaban J connectivity index is 1.57. The van der Waals surface area contributed by atoms with E-state index in [4.69, 9.17) is 4.74 Å². The van der Waals surface area contributed by atoms with Gasteiger partial charge in [0, 0.05) is 31.6 Å². The summed E-state index contributed by atoms with van der Waals surface area (Å²) in [7, 11) is 1.83. The molecule has 5 nitrogen and oxygen atoms in total. The third kappa shape index (κ3) is 5.80. The largest absolute Gasteiger partial charge is 0.377 e. The Hall–Kier alpha value is -1.89. The highest BCUT2D eigenvalue weighted by molar-refractivity contribution is 7.10. The lowest BCUT2D eigenvalue weighted by molar-refractivity contribution is 0.133. The van der Waals surface area contributed by atoms with E-state index in [1.165, 1.54) is 41.9 Å². The first-order valence-electron chi connectivity index (χ1n) is 10.2. The van der Waals surface area contributed by atoms with Crippen LogP contribution in [0.5, 0.6) is 0 Å². The van der Waals surface area contributed by atoms with Crippen molar-refractivity contribution in [2.45, 2.75) is 39.0 Å². The summed E-state index contributed by atoms with van der Waals surface area (Å²) >= 11 is 1.84. The minimum Gasteiger partial charge on any atom is -0.377 e. The molecular formula is C22H32N4OS. The number of aliphatic imine (C=N–C) groups is 1. The van der Waals surface area contributed by atoms with Gasteiger partial charge in [-0.3, -0.25) is 9.89 Å². The Labute approximate surface area is 172 Å². The maximum atomic E-state index is 5.59. The van der Waals surface area contributed by atoms with E-state index in [-0.39, 0.29) is 0 Å². The number of thiophene rings is 1.